The van der Waals surface area contributed by atoms with Gasteiger partial charge in [-0.05, 0) is 57.1 Å². The van der Waals surface area contributed by atoms with Crippen LogP contribution in [0.5, 0.6) is 5.75 Å². The van der Waals surface area contributed by atoms with Crippen molar-refractivity contribution in [2.45, 2.75) is 51.6 Å². The molecular formula is C20H26N4O2. The number of amides is 1. The monoisotopic (exact) mass is 354 g/mol. The van der Waals surface area contributed by atoms with E-state index in [9.17, 15) is 4.79 Å². The van der Waals surface area contributed by atoms with E-state index in [1.54, 1.807) is 0 Å². The Kier molecular flexibility index (Phi) is 4.91. The molecule has 2 heterocycles. The standard InChI is InChI=1S/C20H26N4O2/c1-15-5-9-17(10-6-15)26-13-19(25)24-11-3-2-4-18(24)20-22-21-14-23(20)12-16-7-8-16/h5-6,9-10,14,16,18H,2-4,7-8,11-13H2,1H3/t18-/m0/s1. The van der Waals surface area contributed by atoms with Crippen molar-refractivity contribution < 1.29 is 9.53 Å². The average Bonchev–Trinajstić information content (AvgIpc) is 3.36. The second-order valence-corrected chi connectivity index (χ2v) is 7.49. The zero-order valence-corrected chi connectivity index (χ0v) is 15.3. The molecule has 0 unspecified atom stereocenters. The van der Waals surface area contributed by atoms with E-state index in [1.807, 2.05) is 42.4 Å². The van der Waals surface area contributed by atoms with Gasteiger partial charge in [0.05, 0.1) is 6.04 Å². The summed E-state index contributed by atoms with van der Waals surface area (Å²) >= 11 is 0. The highest BCUT2D eigenvalue weighted by molar-refractivity contribution is 5.78. The molecule has 1 aliphatic carbocycles. The van der Waals surface area contributed by atoms with Crippen LogP contribution < -0.4 is 4.74 Å². The van der Waals surface area contributed by atoms with Gasteiger partial charge in [0.25, 0.3) is 5.91 Å². The fourth-order valence-electron chi connectivity index (χ4n) is 3.60. The van der Waals surface area contributed by atoms with E-state index >= 15 is 0 Å². The smallest absolute Gasteiger partial charge is 0.261 e. The second-order valence-electron chi connectivity index (χ2n) is 7.49. The highest BCUT2D eigenvalue weighted by Gasteiger charge is 2.32. The lowest BCUT2D eigenvalue weighted by atomic mass is 10.0. The highest BCUT2D eigenvalue weighted by atomic mass is 16.5. The fourth-order valence-corrected chi connectivity index (χ4v) is 3.60. The summed E-state index contributed by atoms with van der Waals surface area (Å²) in [5, 5.41) is 8.48. The fraction of sp³-hybridized carbons (Fsp3) is 0.550. The summed E-state index contributed by atoms with van der Waals surface area (Å²) < 4.78 is 7.86. The Balaban J connectivity index is 1.43. The molecule has 0 radical (unpaired) electrons. The molecule has 0 bridgehead atoms. The maximum Gasteiger partial charge on any atom is 0.261 e. The first-order valence-electron chi connectivity index (χ1n) is 9.57. The van der Waals surface area contributed by atoms with E-state index in [4.69, 9.17) is 4.74 Å². The van der Waals surface area contributed by atoms with Crippen LogP contribution in [-0.2, 0) is 11.3 Å². The molecule has 1 saturated heterocycles. The van der Waals surface area contributed by atoms with Gasteiger partial charge in [0, 0.05) is 13.1 Å². The molecule has 1 aromatic carbocycles. The van der Waals surface area contributed by atoms with Gasteiger partial charge in [0.2, 0.25) is 0 Å². The highest BCUT2D eigenvalue weighted by Crippen LogP contribution is 2.34. The molecule has 0 N–H and O–H groups in total. The second kappa shape index (κ2) is 7.48. The van der Waals surface area contributed by atoms with E-state index in [1.165, 1.54) is 18.4 Å². The molecule has 6 nitrogen and oxygen atoms in total. The van der Waals surface area contributed by atoms with E-state index in [0.717, 1.165) is 49.8 Å². The zero-order valence-electron chi connectivity index (χ0n) is 15.3. The van der Waals surface area contributed by atoms with Gasteiger partial charge in [0.1, 0.15) is 12.1 Å². The molecular weight excluding hydrogens is 328 g/mol. The Hall–Kier alpha value is -2.37. The van der Waals surface area contributed by atoms with Crippen LogP contribution in [-0.4, -0.2) is 38.7 Å². The minimum Gasteiger partial charge on any atom is -0.484 e. The Morgan fingerprint density at radius 2 is 2.00 bits per heavy atom. The van der Waals surface area contributed by atoms with E-state index in [0.29, 0.717) is 0 Å². The number of carbonyl (C=O) groups excluding carboxylic acids is 1. The van der Waals surface area contributed by atoms with Crippen molar-refractivity contribution >= 4 is 5.91 Å². The van der Waals surface area contributed by atoms with E-state index < -0.39 is 0 Å². The zero-order chi connectivity index (χ0) is 17.9. The van der Waals surface area contributed by atoms with E-state index in [-0.39, 0.29) is 18.6 Å². The molecule has 2 aliphatic rings. The number of rotatable bonds is 6. The molecule has 1 atom stereocenters. The molecule has 138 valence electrons. The summed E-state index contributed by atoms with van der Waals surface area (Å²) in [5.74, 6) is 2.44. The Bertz CT molecular complexity index is 751. The minimum atomic E-state index is 0.0131. The van der Waals surface area contributed by atoms with Gasteiger partial charge >= 0.3 is 0 Å². The third-order valence-electron chi connectivity index (χ3n) is 5.30. The molecule has 1 amide bonds. The molecule has 1 saturated carbocycles. The van der Waals surface area contributed by atoms with Crippen molar-refractivity contribution in [2.75, 3.05) is 13.2 Å². The normalized spacial score (nSPS) is 20.2. The van der Waals surface area contributed by atoms with Gasteiger partial charge < -0.3 is 14.2 Å². The van der Waals surface area contributed by atoms with Crippen molar-refractivity contribution in [1.82, 2.24) is 19.7 Å². The van der Waals surface area contributed by atoms with Crippen molar-refractivity contribution in [3.63, 3.8) is 0 Å². The first-order chi connectivity index (χ1) is 12.7. The topological polar surface area (TPSA) is 60.2 Å². The largest absolute Gasteiger partial charge is 0.484 e. The molecule has 6 heteroatoms. The maximum atomic E-state index is 12.8. The Morgan fingerprint density at radius 3 is 2.77 bits per heavy atom. The van der Waals surface area contributed by atoms with Crippen LogP contribution in [0.2, 0.25) is 0 Å². The number of hydrogen-bond acceptors (Lipinski definition) is 4. The average molecular weight is 354 g/mol. The van der Waals surface area contributed by atoms with Crippen molar-refractivity contribution in [3.8, 4) is 5.75 Å². The van der Waals surface area contributed by atoms with E-state index in [2.05, 4.69) is 14.8 Å². The number of ether oxygens (including phenoxy) is 1. The van der Waals surface area contributed by atoms with Crippen LogP contribution >= 0.6 is 0 Å². The molecule has 26 heavy (non-hydrogen) atoms. The predicted octanol–water partition coefficient (Wildman–Crippen LogP) is 3.13. The SMILES string of the molecule is Cc1ccc(OCC(=O)N2CCCC[C@H]2c2nncn2CC2CC2)cc1. The van der Waals surface area contributed by atoms with Crippen molar-refractivity contribution in [3.05, 3.63) is 42.0 Å². The summed E-state index contributed by atoms with van der Waals surface area (Å²) in [4.78, 5) is 14.8. The van der Waals surface area contributed by atoms with Crippen LogP contribution in [0.25, 0.3) is 0 Å². The van der Waals surface area contributed by atoms with Gasteiger partial charge in [-0.15, -0.1) is 10.2 Å². The summed E-state index contributed by atoms with van der Waals surface area (Å²) in [6.45, 7) is 3.83. The molecule has 1 aromatic heterocycles. The molecule has 2 fully saturated rings. The van der Waals surface area contributed by atoms with Crippen molar-refractivity contribution in [2.24, 2.45) is 5.92 Å². The number of benzene rings is 1. The third kappa shape index (κ3) is 3.89. The maximum absolute atomic E-state index is 12.8. The number of likely N-dealkylation sites (tertiary alicyclic amines) is 1. The van der Waals surface area contributed by atoms with Crippen LogP contribution in [0, 0.1) is 12.8 Å². The molecule has 0 spiro atoms. The lowest BCUT2D eigenvalue weighted by Gasteiger charge is -2.35. The number of hydrogen-bond donors (Lipinski definition) is 0. The summed E-state index contributed by atoms with van der Waals surface area (Å²) in [7, 11) is 0. The summed E-state index contributed by atoms with van der Waals surface area (Å²) in [5.41, 5.74) is 1.18. The Labute approximate surface area is 154 Å². The first-order valence-corrected chi connectivity index (χ1v) is 9.57. The van der Waals surface area contributed by atoms with Gasteiger partial charge in [-0.2, -0.15) is 0 Å². The summed E-state index contributed by atoms with van der Waals surface area (Å²) in [6, 6.07) is 7.80. The van der Waals surface area contributed by atoms with Gasteiger partial charge in [0.15, 0.2) is 12.4 Å². The molecule has 4 rings (SSSR count). The van der Waals surface area contributed by atoms with Gasteiger partial charge in [-0.1, -0.05) is 17.7 Å². The molecule has 1 aliphatic heterocycles. The van der Waals surface area contributed by atoms with Crippen LogP contribution in [0.4, 0.5) is 0 Å². The third-order valence-corrected chi connectivity index (χ3v) is 5.30. The number of aryl methyl sites for hydroxylation is 1. The quantitative estimate of drug-likeness (QED) is 0.800. The Morgan fingerprint density at radius 1 is 1.19 bits per heavy atom. The van der Waals surface area contributed by atoms with Gasteiger partial charge in [-0.25, -0.2) is 0 Å². The lowest BCUT2D eigenvalue weighted by Crippen LogP contribution is -2.42. The lowest BCUT2D eigenvalue weighted by molar-refractivity contribution is -0.137. The summed E-state index contributed by atoms with van der Waals surface area (Å²) in [6.07, 6.45) is 7.48. The van der Waals surface area contributed by atoms with Gasteiger partial charge in [-0.3, -0.25) is 4.79 Å². The molecule has 2 aromatic rings. The minimum absolute atomic E-state index is 0.0131. The van der Waals surface area contributed by atoms with Crippen LogP contribution in [0.3, 0.4) is 0 Å². The number of aromatic nitrogens is 3. The number of piperidine rings is 1. The predicted molar refractivity (Wildman–Crippen MR) is 97.7 cm³/mol. The first kappa shape index (κ1) is 17.1. The van der Waals surface area contributed by atoms with Crippen molar-refractivity contribution in [1.29, 1.82) is 0 Å². The number of carbonyl (C=O) groups is 1. The van der Waals surface area contributed by atoms with Crippen LogP contribution in [0.15, 0.2) is 30.6 Å². The van der Waals surface area contributed by atoms with Crippen LogP contribution in [0.1, 0.15) is 49.5 Å². The number of nitrogens with zero attached hydrogens (tertiary/aromatic N) is 4.